The highest BCUT2D eigenvalue weighted by Crippen LogP contribution is 2.36. The van der Waals surface area contributed by atoms with Crippen molar-refractivity contribution in [2.45, 2.75) is 26.5 Å². The van der Waals surface area contributed by atoms with Crippen molar-refractivity contribution in [3.05, 3.63) is 150 Å². The topological polar surface area (TPSA) is 112 Å². The number of rotatable bonds is 11. The fourth-order valence-corrected chi connectivity index (χ4v) is 6.59. The Hall–Kier alpha value is -5.92. The van der Waals surface area contributed by atoms with Gasteiger partial charge in [-0.2, -0.15) is 5.26 Å². The standard InChI is InChI=1S/C39H33N3O6S/c1-4-46-30-20-18-28(19-21-30)35-33(38(44)47-5-2)34(27-10-7-6-8-11-27)41-39-42(35)37(43)32(49-39)22-29-12-9-13-31(45-3)36(29)48-24-26-16-14-25(23-40)15-17-26/h6-22,35H,4-5,24H2,1-3H3/b32-22-/t35-/m1/s1. The van der Waals surface area contributed by atoms with Crippen LogP contribution in [0.3, 0.4) is 0 Å². The zero-order chi connectivity index (χ0) is 34.3. The third-order valence-corrected chi connectivity index (χ3v) is 8.85. The first-order valence-corrected chi connectivity index (χ1v) is 16.6. The summed E-state index contributed by atoms with van der Waals surface area (Å²) in [5, 5.41) is 9.15. The van der Waals surface area contributed by atoms with Crippen LogP contribution in [0.15, 0.2) is 112 Å². The summed E-state index contributed by atoms with van der Waals surface area (Å²) >= 11 is 1.22. The second-order valence-corrected chi connectivity index (χ2v) is 11.9. The molecule has 0 bridgehead atoms. The molecule has 5 aromatic rings. The summed E-state index contributed by atoms with van der Waals surface area (Å²) in [6, 6.07) is 30.7. The van der Waals surface area contributed by atoms with E-state index in [9.17, 15) is 9.59 Å². The van der Waals surface area contributed by atoms with E-state index in [1.165, 1.54) is 11.3 Å². The highest BCUT2D eigenvalue weighted by atomic mass is 32.1. The minimum atomic E-state index is -0.819. The van der Waals surface area contributed by atoms with Gasteiger partial charge in [-0.05, 0) is 61.4 Å². The van der Waals surface area contributed by atoms with Crippen molar-refractivity contribution in [3.63, 3.8) is 0 Å². The van der Waals surface area contributed by atoms with Crippen LogP contribution in [0.5, 0.6) is 17.2 Å². The first kappa shape index (κ1) is 33.0. The molecule has 0 aliphatic carbocycles. The highest BCUT2D eigenvalue weighted by Gasteiger charge is 2.35. The van der Waals surface area contributed by atoms with Crippen LogP contribution in [-0.4, -0.2) is 30.9 Å². The Balaban J connectivity index is 1.52. The number of hydrogen-bond donors (Lipinski definition) is 0. The smallest absolute Gasteiger partial charge is 0.338 e. The molecule has 0 saturated heterocycles. The van der Waals surface area contributed by atoms with Crippen molar-refractivity contribution in [2.24, 2.45) is 4.99 Å². The van der Waals surface area contributed by atoms with E-state index in [2.05, 4.69) is 6.07 Å². The average Bonchev–Trinajstić information content (AvgIpc) is 3.45. The van der Waals surface area contributed by atoms with Gasteiger partial charge in [0.05, 0.1) is 53.8 Å². The van der Waals surface area contributed by atoms with Crippen molar-refractivity contribution in [1.29, 1.82) is 5.26 Å². The van der Waals surface area contributed by atoms with E-state index in [1.54, 1.807) is 42.9 Å². The van der Waals surface area contributed by atoms with Crippen LogP contribution < -0.4 is 29.1 Å². The Morgan fingerprint density at radius 2 is 1.69 bits per heavy atom. The Kier molecular flexibility index (Phi) is 10.0. The molecular weight excluding hydrogens is 639 g/mol. The zero-order valence-corrected chi connectivity index (χ0v) is 28.0. The number of fused-ring (bicyclic) bond motifs is 1. The van der Waals surface area contributed by atoms with E-state index in [0.29, 0.717) is 55.6 Å². The third-order valence-electron chi connectivity index (χ3n) is 7.86. The van der Waals surface area contributed by atoms with Gasteiger partial charge in [0.2, 0.25) is 0 Å². The van der Waals surface area contributed by atoms with Crippen LogP contribution in [0.25, 0.3) is 11.8 Å². The van der Waals surface area contributed by atoms with E-state index in [-0.39, 0.29) is 24.3 Å². The Bertz CT molecular complexity index is 2230. The molecule has 2 heterocycles. The SMILES string of the molecule is CCOC(=O)C1=C(c2ccccc2)N=c2s/c(=C\c3cccc(OC)c3OCc3ccc(C#N)cc3)c(=O)n2[C@@H]1c1ccc(OCC)cc1. The quantitative estimate of drug-likeness (QED) is 0.163. The fourth-order valence-electron chi connectivity index (χ4n) is 5.60. The lowest BCUT2D eigenvalue weighted by Gasteiger charge is -2.26. The van der Waals surface area contributed by atoms with Gasteiger partial charge in [-0.15, -0.1) is 0 Å². The second-order valence-electron chi connectivity index (χ2n) is 10.9. The van der Waals surface area contributed by atoms with Crippen molar-refractivity contribution < 1.29 is 23.7 Å². The number of para-hydroxylation sites is 1. The van der Waals surface area contributed by atoms with Crippen molar-refractivity contribution in [2.75, 3.05) is 20.3 Å². The summed E-state index contributed by atoms with van der Waals surface area (Å²) < 4.78 is 25.1. The number of esters is 1. The summed E-state index contributed by atoms with van der Waals surface area (Å²) in [5.74, 6) is 1.08. The van der Waals surface area contributed by atoms with E-state index in [1.807, 2.05) is 85.8 Å². The lowest BCUT2D eigenvalue weighted by Crippen LogP contribution is -2.40. The van der Waals surface area contributed by atoms with Gasteiger partial charge in [0.25, 0.3) is 5.56 Å². The molecule has 0 spiro atoms. The largest absolute Gasteiger partial charge is 0.494 e. The second kappa shape index (κ2) is 14.9. The number of aromatic nitrogens is 1. The molecule has 0 N–H and O–H groups in total. The van der Waals surface area contributed by atoms with E-state index in [4.69, 9.17) is 29.2 Å². The van der Waals surface area contributed by atoms with Gasteiger partial charge in [0, 0.05) is 11.1 Å². The number of thiazole rings is 1. The maximum Gasteiger partial charge on any atom is 0.338 e. The molecule has 0 radical (unpaired) electrons. The molecule has 4 aromatic carbocycles. The van der Waals surface area contributed by atoms with Crippen molar-refractivity contribution >= 4 is 29.1 Å². The van der Waals surface area contributed by atoms with Crippen molar-refractivity contribution in [1.82, 2.24) is 4.57 Å². The van der Waals surface area contributed by atoms with Crippen LogP contribution in [0, 0.1) is 11.3 Å². The Morgan fingerprint density at radius 3 is 2.37 bits per heavy atom. The Labute approximate surface area is 287 Å². The lowest BCUT2D eigenvalue weighted by atomic mass is 9.93. The minimum Gasteiger partial charge on any atom is -0.494 e. The fraction of sp³-hybridized carbons (Fsp3) is 0.179. The van der Waals surface area contributed by atoms with E-state index < -0.39 is 12.0 Å². The van der Waals surface area contributed by atoms with Gasteiger partial charge >= 0.3 is 5.97 Å². The number of ether oxygens (including phenoxy) is 4. The summed E-state index contributed by atoms with van der Waals surface area (Å²) in [4.78, 5) is 33.6. The van der Waals surface area contributed by atoms with Gasteiger partial charge in [0.1, 0.15) is 12.4 Å². The van der Waals surface area contributed by atoms with Gasteiger partial charge in [0.15, 0.2) is 16.3 Å². The molecule has 1 aliphatic heterocycles. The van der Waals surface area contributed by atoms with E-state index in [0.717, 1.165) is 11.1 Å². The number of nitriles is 1. The van der Waals surface area contributed by atoms with Crippen LogP contribution in [0.1, 0.15) is 47.7 Å². The molecule has 49 heavy (non-hydrogen) atoms. The molecule has 10 heteroatoms. The molecule has 9 nitrogen and oxygen atoms in total. The number of methoxy groups -OCH3 is 1. The number of benzene rings is 4. The first-order valence-electron chi connectivity index (χ1n) is 15.8. The highest BCUT2D eigenvalue weighted by molar-refractivity contribution is 7.07. The van der Waals surface area contributed by atoms with Crippen LogP contribution in [0.4, 0.5) is 0 Å². The van der Waals surface area contributed by atoms with Crippen LogP contribution in [0.2, 0.25) is 0 Å². The Morgan fingerprint density at radius 1 is 0.939 bits per heavy atom. The van der Waals surface area contributed by atoms with Crippen molar-refractivity contribution in [3.8, 4) is 23.3 Å². The predicted octanol–water partition coefficient (Wildman–Crippen LogP) is 5.79. The van der Waals surface area contributed by atoms with E-state index >= 15 is 0 Å². The molecule has 246 valence electrons. The maximum absolute atomic E-state index is 14.4. The summed E-state index contributed by atoms with van der Waals surface area (Å²) in [6.07, 6.45) is 1.76. The normalized spacial score (nSPS) is 14.0. The molecule has 0 unspecified atom stereocenters. The molecule has 6 rings (SSSR count). The predicted molar refractivity (Wildman–Crippen MR) is 187 cm³/mol. The monoisotopic (exact) mass is 671 g/mol. The number of hydrogen-bond acceptors (Lipinski definition) is 9. The molecule has 1 aliphatic rings. The average molecular weight is 672 g/mol. The number of nitrogens with zero attached hydrogens (tertiary/aromatic N) is 3. The molecule has 0 amide bonds. The molecule has 1 atom stereocenters. The van der Waals surface area contributed by atoms with Gasteiger partial charge < -0.3 is 18.9 Å². The molecule has 1 aromatic heterocycles. The van der Waals surface area contributed by atoms with Gasteiger partial charge in [-0.1, -0.05) is 78.1 Å². The first-order chi connectivity index (χ1) is 23.9. The molecule has 0 fully saturated rings. The molecule has 0 saturated carbocycles. The third kappa shape index (κ3) is 6.89. The van der Waals surface area contributed by atoms with Gasteiger partial charge in [-0.3, -0.25) is 9.36 Å². The summed E-state index contributed by atoms with van der Waals surface area (Å²) in [6.45, 7) is 4.54. The van der Waals surface area contributed by atoms with Crippen LogP contribution >= 0.6 is 11.3 Å². The maximum atomic E-state index is 14.4. The van der Waals surface area contributed by atoms with Crippen LogP contribution in [-0.2, 0) is 16.1 Å². The minimum absolute atomic E-state index is 0.159. The molecular formula is C39H33N3O6S. The van der Waals surface area contributed by atoms with Gasteiger partial charge in [-0.25, -0.2) is 9.79 Å². The number of carbonyl (C=O) groups excluding carboxylic acids is 1. The summed E-state index contributed by atoms with van der Waals surface area (Å²) in [7, 11) is 1.56. The summed E-state index contributed by atoms with van der Waals surface area (Å²) in [5.41, 5.74) is 3.87. The lowest BCUT2D eigenvalue weighted by molar-refractivity contribution is -0.138. The zero-order valence-electron chi connectivity index (χ0n) is 27.2. The number of carbonyl (C=O) groups is 1.